The Morgan fingerprint density at radius 1 is 1.37 bits per heavy atom. The molecule has 0 N–H and O–H groups in total. The zero-order valence-electron chi connectivity index (χ0n) is 10.1. The van der Waals surface area contributed by atoms with Gasteiger partial charge in [-0.25, -0.2) is 0 Å². The number of hydrogen-bond acceptors (Lipinski definition) is 4. The molecule has 0 aliphatic carbocycles. The Bertz CT molecular complexity index is 853. The zero-order chi connectivity index (χ0) is 13.4. The van der Waals surface area contributed by atoms with Gasteiger partial charge in [-0.1, -0.05) is 0 Å². The summed E-state index contributed by atoms with van der Waals surface area (Å²) in [5.41, 5.74) is 1.51. The zero-order valence-corrected chi connectivity index (χ0v) is 10.9. The molecule has 3 rings (SSSR count). The van der Waals surface area contributed by atoms with Crippen LogP contribution in [0.5, 0.6) is 0 Å². The molecule has 19 heavy (non-hydrogen) atoms. The molecule has 4 nitrogen and oxygen atoms in total. The first-order valence-corrected chi connectivity index (χ1v) is 6.49. The summed E-state index contributed by atoms with van der Waals surface area (Å²) in [6, 6.07) is 9.36. The quantitative estimate of drug-likeness (QED) is 0.681. The number of nitrogens with zero attached hydrogens (tertiary/aromatic N) is 3. The van der Waals surface area contributed by atoms with Gasteiger partial charge in [0.15, 0.2) is 0 Å². The van der Waals surface area contributed by atoms with Gasteiger partial charge in [-0.2, -0.15) is 5.26 Å². The SMILES string of the molecule is Cc1ccc(-n2ccc3cc(C#N)sc3c2=O)cn1. The minimum Gasteiger partial charge on any atom is -0.282 e. The lowest BCUT2D eigenvalue weighted by Gasteiger charge is -2.05. The lowest BCUT2D eigenvalue weighted by molar-refractivity contribution is 0.990. The molecule has 0 bridgehead atoms. The summed E-state index contributed by atoms with van der Waals surface area (Å²) < 4.78 is 2.14. The Morgan fingerprint density at radius 2 is 2.21 bits per heavy atom. The molecule has 0 radical (unpaired) electrons. The van der Waals surface area contributed by atoms with E-state index >= 15 is 0 Å². The Kier molecular flexibility index (Phi) is 2.65. The van der Waals surface area contributed by atoms with Gasteiger partial charge in [-0.15, -0.1) is 11.3 Å². The lowest BCUT2D eigenvalue weighted by Crippen LogP contribution is -2.16. The highest BCUT2D eigenvalue weighted by Gasteiger charge is 2.08. The van der Waals surface area contributed by atoms with E-state index in [2.05, 4.69) is 11.1 Å². The normalized spacial score (nSPS) is 10.5. The number of hydrogen-bond donors (Lipinski definition) is 0. The van der Waals surface area contributed by atoms with E-state index in [1.165, 1.54) is 11.3 Å². The molecule has 0 saturated carbocycles. The van der Waals surface area contributed by atoms with Crippen molar-refractivity contribution in [3.8, 4) is 11.8 Å². The molecule has 3 heterocycles. The van der Waals surface area contributed by atoms with Gasteiger partial charge in [0.1, 0.15) is 15.6 Å². The highest BCUT2D eigenvalue weighted by molar-refractivity contribution is 7.19. The van der Waals surface area contributed by atoms with E-state index in [1.807, 2.05) is 25.1 Å². The number of pyridine rings is 2. The van der Waals surface area contributed by atoms with Crippen molar-refractivity contribution in [2.45, 2.75) is 6.92 Å². The predicted molar refractivity (Wildman–Crippen MR) is 74.7 cm³/mol. The smallest absolute Gasteiger partial charge is 0.273 e. The average molecular weight is 267 g/mol. The largest absolute Gasteiger partial charge is 0.282 e. The standard InChI is InChI=1S/C14H9N3OS/c1-9-2-3-11(8-16-9)17-5-4-10-6-12(7-15)19-13(10)14(17)18/h2-6,8H,1H3. The average Bonchev–Trinajstić information content (AvgIpc) is 2.85. The van der Waals surface area contributed by atoms with Crippen LogP contribution in [0.4, 0.5) is 0 Å². The summed E-state index contributed by atoms with van der Waals surface area (Å²) in [5, 5.41) is 9.70. The maximum Gasteiger partial charge on any atom is 0.273 e. The number of nitriles is 1. The molecule has 0 aromatic carbocycles. The molecule has 0 aliphatic heterocycles. The van der Waals surface area contributed by atoms with E-state index in [0.717, 1.165) is 16.8 Å². The van der Waals surface area contributed by atoms with Crippen molar-refractivity contribution < 1.29 is 0 Å². The van der Waals surface area contributed by atoms with Crippen molar-refractivity contribution in [2.24, 2.45) is 0 Å². The van der Waals surface area contributed by atoms with Crippen molar-refractivity contribution in [3.05, 3.63) is 57.6 Å². The van der Waals surface area contributed by atoms with Crippen LogP contribution in [-0.2, 0) is 0 Å². The lowest BCUT2D eigenvalue weighted by atomic mass is 10.3. The molecule has 0 amide bonds. The topological polar surface area (TPSA) is 58.7 Å². The number of thiophene rings is 1. The van der Waals surface area contributed by atoms with E-state index in [1.54, 1.807) is 23.0 Å². The highest BCUT2D eigenvalue weighted by Crippen LogP contribution is 2.22. The van der Waals surface area contributed by atoms with Crippen molar-refractivity contribution in [2.75, 3.05) is 0 Å². The summed E-state index contributed by atoms with van der Waals surface area (Å²) in [7, 11) is 0. The minimum absolute atomic E-state index is 0.116. The molecule has 0 aliphatic rings. The molecule has 0 unspecified atom stereocenters. The maximum absolute atomic E-state index is 12.4. The predicted octanol–water partition coefficient (Wildman–Crippen LogP) is 2.63. The molecule has 0 fully saturated rings. The van der Waals surface area contributed by atoms with E-state index in [9.17, 15) is 4.79 Å². The van der Waals surface area contributed by atoms with Gasteiger partial charge < -0.3 is 0 Å². The Morgan fingerprint density at radius 3 is 2.89 bits per heavy atom. The third-order valence-electron chi connectivity index (χ3n) is 2.86. The van der Waals surface area contributed by atoms with Crippen LogP contribution in [0, 0.1) is 18.3 Å². The Labute approximate surface area is 113 Å². The van der Waals surface area contributed by atoms with Gasteiger partial charge in [-0.05, 0) is 31.2 Å². The molecule has 5 heteroatoms. The van der Waals surface area contributed by atoms with E-state index in [4.69, 9.17) is 5.26 Å². The third-order valence-corrected chi connectivity index (χ3v) is 3.90. The van der Waals surface area contributed by atoms with E-state index in [0.29, 0.717) is 9.58 Å². The summed E-state index contributed by atoms with van der Waals surface area (Å²) >= 11 is 1.22. The van der Waals surface area contributed by atoms with Crippen LogP contribution in [-0.4, -0.2) is 9.55 Å². The maximum atomic E-state index is 12.4. The molecular formula is C14H9N3OS. The Hall–Kier alpha value is -2.45. The van der Waals surface area contributed by atoms with Crippen molar-refractivity contribution >= 4 is 21.4 Å². The molecular weight excluding hydrogens is 258 g/mol. The van der Waals surface area contributed by atoms with Crippen LogP contribution in [0.3, 0.4) is 0 Å². The van der Waals surface area contributed by atoms with Gasteiger partial charge in [-0.3, -0.25) is 14.3 Å². The van der Waals surface area contributed by atoms with Gasteiger partial charge in [0.05, 0.1) is 11.9 Å². The first kappa shape index (κ1) is 11.6. The molecule has 92 valence electrons. The summed E-state index contributed by atoms with van der Waals surface area (Å²) in [6.45, 7) is 1.90. The molecule has 3 aromatic rings. The number of rotatable bonds is 1. The highest BCUT2D eigenvalue weighted by atomic mass is 32.1. The second-order valence-corrected chi connectivity index (χ2v) is 5.21. The van der Waals surface area contributed by atoms with E-state index in [-0.39, 0.29) is 5.56 Å². The van der Waals surface area contributed by atoms with Crippen molar-refractivity contribution in [1.29, 1.82) is 5.26 Å². The van der Waals surface area contributed by atoms with Gasteiger partial charge in [0, 0.05) is 17.3 Å². The van der Waals surface area contributed by atoms with Crippen LogP contribution in [0.2, 0.25) is 0 Å². The fourth-order valence-corrected chi connectivity index (χ4v) is 2.77. The van der Waals surface area contributed by atoms with Gasteiger partial charge >= 0.3 is 0 Å². The molecule has 0 saturated heterocycles. The van der Waals surface area contributed by atoms with Gasteiger partial charge in [0.25, 0.3) is 5.56 Å². The van der Waals surface area contributed by atoms with Crippen LogP contribution < -0.4 is 5.56 Å². The first-order chi connectivity index (χ1) is 9.19. The molecule has 3 aromatic heterocycles. The number of fused-ring (bicyclic) bond motifs is 1. The van der Waals surface area contributed by atoms with Crippen molar-refractivity contribution in [1.82, 2.24) is 9.55 Å². The van der Waals surface area contributed by atoms with E-state index < -0.39 is 0 Å². The number of aryl methyl sites for hydroxylation is 1. The van der Waals surface area contributed by atoms with Gasteiger partial charge in [0.2, 0.25) is 0 Å². The van der Waals surface area contributed by atoms with Crippen LogP contribution in [0.15, 0.2) is 41.5 Å². The fraction of sp³-hybridized carbons (Fsp3) is 0.0714. The second kappa shape index (κ2) is 4.34. The monoisotopic (exact) mass is 267 g/mol. The second-order valence-electron chi connectivity index (χ2n) is 4.16. The molecule has 0 spiro atoms. The Balaban J connectivity index is 2.26. The number of aromatic nitrogens is 2. The van der Waals surface area contributed by atoms with Crippen LogP contribution in [0.1, 0.15) is 10.6 Å². The van der Waals surface area contributed by atoms with Crippen LogP contribution >= 0.6 is 11.3 Å². The summed E-state index contributed by atoms with van der Waals surface area (Å²) in [4.78, 5) is 17.1. The minimum atomic E-state index is -0.116. The van der Waals surface area contributed by atoms with Crippen LogP contribution in [0.25, 0.3) is 15.8 Å². The van der Waals surface area contributed by atoms with Crippen molar-refractivity contribution in [3.63, 3.8) is 0 Å². The molecule has 0 atom stereocenters. The fourth-order valence-electron chi connectivity index (χ4n) is 1.89. The third kappa shape index (κ3) is 1.92. The summed E-state index contributed by atoms with van der Waals surface area (Å²) in [6.07, 6.45) is 3.38. The first-order valence-electron chi connectivity index (χ1n) is 5.67. The summed E-state index contributed by atoms with van der Waals surface area (Å²) in [5.74, 6) is 0.